The summed E-state index contributed by atoms with van der Waals surface area (Å²) in [5.74, 6) is -0.122. The number of aromatic nitrogens is 1. The van der Waals surface area contributed by atoms with Gasteiger partial charge >= 0.3 is 0 Å². The lowest BCUT2D eigenvalue weighted by Crippen LogP contribution is -2.37. The third-order valence-electron chi connectivity index (χ3n) is 2.45. The highest BCUT2D eigenvalue weighted by atomic mass is 16.3. The largest absolute Gasteiger partial charge is 0.394 e. The molecule has 0 saturated carbocycles. The molecule has 0 radical (unpaired) electrons. The lowest BCUT2D eigenvalue weighted by atomic mass is 10.2. The number of nitrogens with zero attached hydrogens (tertiary/aromatic N) is 1. The third-order valence-corrected chi connectivity index (χ3v) is 2.45. The monoisotopic (exact) mass is 210 g/mol. The van der Waals surface area contributed by atoms with E-state index in [2.05, 4.69) is 5.32 Å². The standard InChI is InChI=1S/C11H18N2O2/c1-3-9(8-14)12-11(15)10-6-5-7-13(10)4-2/h5-7,9,14H,3-4,8H2,1-2H3,(H,12,15)/t9-/m0/s1. The average Bonchev–Trinajstić information content (AvgIpc) is 2.73. The van der Waals surface area contributed by atoms with Crippen molar-refractivity contribution in [3.8, 4) is 0 Å². The second kappa shape index (κ2) is 5.56. The average molecular weight is 210 g/mol. The molecule has 1 amide bonds. The summed E-state index contributed by atoms with van der Waals surface area (Å²) in [6.07, 6.45) is 2.60. The van der Waals surface area contributed by atoms with Crippen LogP contribution in [0, 0.1) is 0 Å². The van der Waals surface area contributed by atoms with Crippen LogP contribution in [-0.4, -0.2) is 28.2 Å². The van der Waals surface area contributed by atoms with Crippen molar-refractivity contribution in [3.63, 3.8) is 0 Å². The van der Waals surface area contributed by atoms with Crippen LogP contribution in [0.5, 0.6) is 0 Å². The minimum atomic E-state index is -0.155. The minimum Gasteiger partial charge on any atom is -0.394 e. The quantitative estimate of drug-likeness (QED) is 0.762. The fourth-order valence-electron chi connectivity index (χ4n) is 1.43. The molecule has 0 aliphatic heterocycles. The molecule has 4 heteroatoms. The van der Waals surface area contributed by atoms with E-state index in [0.717, 1.165) is 13.0 Å². The number of hydrogen-bond donors (Lipinski definition) is 2. The van der Waals surface area contributed by atoms with Gasteiger partial charge < -0.3 is 15.0 Å². The maximum Gasteiger partial charge on any atom is 0.268 e. The molecular weight excluding hydrogens is 192 g/mol. The molecule has 15 heavy (non-hydrogen) atoms. The molecule has 0 unspecified atom stereocenters. The maximum atomic E-state index is 11.8. The van der Waals surface area contributed by atoms with Gasteiger partial charge in [-0.15, -0.1) is 0 Å². The highest BCUT2D eigenvalue weighted by molar-refractivity contribution is 5.92. The topological polar surface area (TPSA) is 54.3 Å². The van der Waals surface area contributed by atoms with E-state index >= 15 is 0 Å². The molecule has 84 valence electrons. The normalized spacial score (nSPS) is 12.5. The summed E-state index contributed by atoms with van der Waals surface area (Å²) in [6.45, 7) is 4.67. The van der Waals surface area contributed by atoms with Gasteiger partial charge in [-0.2, -0.15) is 0 Å². The first-order chi connectivity index (χ1) is 7.22. The highest BCUT2D eigenvalue weighted by Crippen LogP contribution is 2.03. The van der Waals surface area contributed by atoms with E-state index in [1.165, 1.54) is 0 Å². The van der Waals surface area contributed by atoms with Gasteiger partial charge in [-0.25, -0.2) is 0 Å². The molecule has 0 bridgehead atoms. The predicted molar refractivity (Wildman–Crippen MR) is 58.7 cm³/mol. The molecule has 4 nitrogen and oxygen atoms in total. The van der Waals surface area contributed by atoms with Gasteiger partial charge in [0.2, 0.25) is 0 Å². The van der Waals surface area contributed by atoms with Crippen molar-refractivity contribution >= 4 is 5.91 Å². The number of nitrogens with one attached hydrogen (secondary N) is 1. The lowest BCUT2D eigenvalue weighted by Gasteiger charge is -2.14. The summed E-state index contributed by atoms with van der Waals surface area (Å²) >= 11 is 0. The van der Waals surface area contributed by atoms with Crippen LogP contribution in [0.25, 0.3) is 0 Å². The van der Waals surface area contributed by atoms with Crippen molar-refractivity contribution in [2.24, 2.45) is 0 Å². The molecule has 0 fully saturated rings. The molecule has 0 aliphatic rings. The van der Waals surface area contributed by atoms with Gasteiger partial charge in [-0.3, -0.25) is 4.79 Å². The Labute approximate surface area is 89.9 Å². The number of carbonyl (C=O) groups is 1. The Balaban J connectivity index is 2.68. The fraction of sp³-hybridized carbons (Fsp3) is 0.545. The number of carbonyl (C=O) groups excluding carboxylic acids is 1. The SMILES string of the molecule is CC[C@@H](CO)NC(=O)c1cccn1CC. The number of rotatable bonds is 5. The molecule has 1 atom stereocenters. The zero-order valence-corrected chi connectivity index (χ0v) is 9.23. The van der Waals surface area contributed by atoms with E-state index in [1.54, 1.807) is 6.07 Å². The van der Waals surface area contributed by atoms with Gasteiger partial charge in [0.1, 0.15) is 5.69 Å². The Morgan fingerprint density at radius 3 is 2.87 bits per heavy atom. The van der Waals surface area contributed by atoms with Crippen LogP contribution in [0.4, 0.5) is 0 Å². The maximum absolute atomic E-state index is 11.8. The molecule has 1 aromatic heterocycles. The van der Waals surface area contributed by atoms with Gasteiger partial charge in [0, 0.05) is 12.7 Å². The van der Waals surface area contributed by atoms with E-state index in [1.807, 2.05) is 30.7 Å². The highest BCUT2D eigenvalue weighted by Gasteiger charge is 2.13. The number of aliphatic hydroxyl groups excluding tert-OH is 1. The van der Waals surface area contributed by atoms with Gasteiger partial charge in [0.25, 0.3) is 5.91 Å². The van der Waals surface area contributed by atoms with Crippen LogP contribution in [0.1, 0.15) is 30.8 Å². The molecule has 0 spiro atoms. The summed E-state index contributed by atoms with van der Waals surface area (Å²) in [5, 5.41) is 11.8. The van der Waals surface area contributed by atoms with Crippen LogP contribution < -0.4 is 5.32 Å². The molecule has 0 aromatic carbocycles. The van der Waals surface area contributed by atoms with E-state index in [-0.39, 0.29) is 18.6 Å². The Morgan fingerprint density at radius 2 is 2.33 bits per heavy atom. The first kappa shape index (κ1) is 11.8. The van der Waals surface area contributed by atoms with Crippen LogP contribution >= 0.6 is 0 Å². The van der Waals surface area contributed by atoms with Crippen LogP contribution in [0.2, 0.25) is 0 Å². The second-order valence-corrected chi connectivity index (χ2v) is 3.44. The van der Waals surface area contributed by atoms with Gasteiger partial charge in [0.15, 0.2) is 0 Å². The van der Waals surface area contributed by atoms with Crippen molar-refractivity contribution in [1.29, 1.82) is 0 Å². The number of amides is 1. The van der Waals surface area contributed by atoms with Crippen LogP contribution in [0.3, 0.4) is 0 Å². The van der Waals surface area contributed by atoms with Crippen molar-refractivity contribution in [3.05, 3.63) is 24.0 Å². The van der Waals surface area contributed by atoms with Crippen LogP contribution in [-0.2, 0) is 6.54 Å². The van der Waals surface area contributed by atoms with Crippen LogP contribution in [0.15, 0.2) is 18.3 Å². The van der Waals surface area contributed by atoms with Crippen molar-refractivity contribution in [2.75, 3.05) is 6.61 Å². The Hall–Kier alpha value is -1.29. The lowest BCUT2D eigenvalue weighted by molar-refractivity contribution is 0.0905. The first-order valence-corrected chi connectivity index (χ1v) is 5.29. The van der Waals surface area contributed by atoms with E-state index in [0.29, 0.717) is 5.69 Å². The van der Waals surface area contributed by atoms with Crippen molar-refractivity contribution in [1.82, 2.24) is 9.88 Å². The van der Waals surface area contributed by atoms with E-state index in [4.69, 9.17) is 5.11 Å². The van der Waals surface area contributed by atoms with E-state index in [9.17, 15) is 4.79 Å². The third kappa shape index (κ3) is 2.83. The molecule has 1 aromatic rings. The molecule has 0 aliphatic carbocycles. The predicted octanol–water partition coefficient (Wildman–Crippen LogP) is 1.01. The molecule has 0 saturated heterocycles. The summed E-state index contributed by atoms with van der Waals surface area (Å²) < 4.78 is 1.87. The molecule has 1 rings (SSSR count). The number of aliphatic hydroxyl groups is 1. The minimum absolute atomic E-state index is 0.0188. The van der Waals surface area contributed by atoms with E-state index < -0.39 is 0 Å². The van der Waals surface area contributed by atoms with Gasteiger partial charge in [0.05, 0.1) is 12.6 Å². The molecular formula is C11H18N2O2. The number of hydrogen-bond acceptors (Lipinski definition) is 2. The first-order valence-electron chi connectivity index (χ1n) is 5.29. The second-order valence-electron chi connectivity index (χ2n) is 3.44. The zero-order chi connectivity index (χ0) is 11.3. The van der Waals surface area contributed by atoms with Gasteiger partial charge in [-0.1, -0.05) is 6.92 Å². The molecule has 2 N–H and O–H groups in total. The van der Waals surface area contributed by atoms with Gasteiger partial charge in [-0.05, 0) is 25.5 Å². The summed E-state index contributed by atoms with van der Waals surface area (Å²) in [6, 6.07) is 3.47. The fourth-order valence-corrected chi connectivity index (χ4v) is 1.43. The smallest absolute Gasteiger partial charge is 0.268 e. The Bertz CT molecular complexity index is 316. The number of aryl methyl sites for hydroxylation is 1. The summed E-state index contributed by atoms with van der Waals surface area (Å²) in [4.78, 5) is 11.8. The Kier molecular flexibility index (Phi) is 4.37. The molecule has 1 heterocycles. The Morgan fingerprint density at radius 1 is 1.60 bits per heavy atom. The zero-order valence-electron chi connectivity index (χ0n) is 9.23. The van der Waals surface area contributed by atoms with Crippen molar-refractivity contribution in [2.45, 2.75) is 32.9 Å². The van der Waals surface area contributed by atoms with Crippen molar-refractivity contribution < 1.29 is 9.90 Å². The summed E-state index contributed by atoms with van der Waals surface area (Å²) in [7, 11) is 0. The summed E-state index contributed by atoms with van der Waals surface area (Å²) in [5.41, 5.74) is 0.643.